The third kappa shape index (κ3) is 6.20. The number of aromatic hydroxyl groups is 1. The fraction of sp³-hybridized carbons (Fsp3) is 0.424. The first-order valence-electron chi connectivity index (χ1n) is 15.1. The molecule has 12 heteroatoms. The maximum Gasteiger partial charge on any atom is 0.319 e. The van der Waals surface area contributed by atoms with E-state index in [-0.39, 0.29) is 65.4 Å². The Morgan fingerprint density at radius 2 is 1.89 bits per heavy atom. The van der Waals surface area contributed by atoms with Gasteiger partial charge in [0.25, 0.3) is 5.92 Å². The number of benzene rings is 3. The van der Waals surface area contributed by atoms with Gasteiger partial charge in [-0.1, -0.05) is 35.9 Å². The zero-order chi connectivity index (χ0) is 32.0. The zero-order valence-electron chi connectivity index (χ0n) is 25.4. The first-order chi connectivity index (χ1) is 21.4. The Kier molecular flexibility index (Phi) is 8.43. The highest BCUT2D eigenvalue weighted by molar-refractivity contribution is 6.35. The number of phenolic OH excluding ortho intramolecular Hbond substituents is 1. The first kappa shape index (κ1) is 31.2. The van der Waals surface area contributed by atoms with E-state index in [4.69, 9.17) is 21.3 Å². The number of carbonyl (C=O) groups excluding carboxylic acids is 1. The van der Waals surface area contributed by atoms with E-state index in [1.165, 1.54) is 13.0 Å². The number of aromatic nitrogens is 2. The predicted octanol–water partition coefficient (Wildman–Crippen LogP) is 6.50. The third-order valence-corrected chi connectivity index (χ3v) is 9.02. The number of anilines is 1. The molecule has 2 fully saturated rings. The molecule has 1 N–H and O–H groups in total. The van der Waals surface area contributed by atoms with Gasteiger partial charge >= 0.3 is 6.01 Å². The van der Waals surface area contributed by atoms with Crippen molar-refractivity contribution >= 4 is 45.0 Å². The van der Waals surface area contributed by atoms with Gasteiger partial charge in [0.2, 0.25) is 5.91 Å². The van der Waals surface area contributed by atoms with Gasteiger partial charge in [-0.05, 0) is 54.8 Å². The van der Waals surface area contributed by atoms with Gasteiger partial charge in [-0.2, -0.15) is 9.97 Å². The highest BCUT2D eigenvalue weighted by Crippen LogP contribution is 2.43. The Morgan fingerprint density at radius 3 is 2.62 bits per heavy atom. The highest BCUT2D eigenvalue weighted by Gasteiger charge is 2.38. The molecule has 1 aromatic heterocycles. The number of halogens is 4. The van der Waals surface area contributed by atoms with Gasteiger partial charge in [-0.3, -0.25) is 9.69 Å². The first-order valence-corrected chi connectivity index (χ1v) is 15.5. The monoisotopic (exact) mass is 641 g/mol. The molecule has 3 heterocycles. The van der Waals surface area contributed by atoms with Crippen molar-refractivity contribution in [1.29, 1.82) is 0 Å². The molecule has 2 aliphatic rings. The summed E-state index contributed by atoms with van der Waals surface area (Å²) in [6, 6.07) is 11.7. The topological polar surface area (TPSA) is 82.0 Å². The second kappa shape index (κ2) is 12.2. The number of hydrogen-bond donors (Lipinski definition) is 1. The smallest absolute Gasteiger partial charge is 0.319 e. The molecule has 0 aliphatic carbocycles. The largest absolute Gasteiger partial charge is 0.508 e. The van der Waals surface area contributed by atoms with E-state index >= 15 is 4.39 Å². The average molecular weight is 642 g/mol. The van der Waals surface area contributed by atoms with Gasteiger partial charge < -0.3 is 19.6 Å². The number of fused-ring (bicyclic) bond motifs is 2. The summed E-state index contributed by atoms with van der Waals surface area (Å²) in [6.45, 7) is 6.96. The van der Waals surface area contributed by atoms with Crippen LogP contribution in [0.15, 0.2) is 42.5 Å². The predicted molar refractivity (Wildman–Crippen MR) is 169 cm³/mol. The minimum Gasteiger partial charge on any atom is -0.508 e. The Hall–Kier alpha value is -3.83. The summed E-state index contributed by atoms with van der Waals surface area (Å²) in [7, 11) is 0. The second-order valence-corrected chi connectivity index (χ2v) is 12.5. The Balaban J connectivity index is 1.41. The molecule has 0 unspecified atom stereocenters. The lowest BCUT2D eigenvalue weighted by molar-refractivity contribution is -0.131. The number of ether oxygens (including phenoxy) is 1. The van der Waals surface area contributed by atoms with Crippen LogP contribution >= 0.6 is 11.6 Å². The van der Waals surface area contributed by atoms with Crippen LogP contribution in [0.25, 0.3) is 32.8 Å². The van der Waals surface area contributed by atoms with Crippen LogP contribution in [-0.4, -0.2) is 88.1 Å². The number of phenols is 1. The lowest BCUT2D eigenvalue weighted by atomic mass is 9.96. The number of alkyl halides is 2. The molecule has 2 saturated heterocycles. The molecule has 0 spiro atoms. The van der Waals surface area contributed by atoms with E-state index in [2.05, 4.69) is 4.98 Å². The maximum atomic E-state index is 16.7. The Bertz CT molecular complexity index is 1770. The lowest BCUT2D eigenvalue weighted by Gasteiger charge is -2.44. The van der Waals surface area contributed by atoms with Crippen LogP contribution in [0.5, 0.6) is 11.8 Å². The van der Waals surface area contributed by atoms with Crippen LogP contribution < -0.4 is 9.64 Å². The summed E-state index contributed by atoms with van der Waals surface area (Å²) in [5.74, 6) is -3.00. The van der Waals surface area contributed by atoms with Crippen molar-refractivity contribution in [3.05, 3.63) is 53.3 Å². The molecule has 3 aromatic carbocycles. The van der Waals surface area contributed by atoms with Crippen LogP contribution in [0, 0.1) is 5.82 Å². The molecule has 2 aliphatic heterocycles. The Morgan fingerprint density at radius 1 is 1.11 bits per heavy atom. The van der Waals surface area contributed by atoms with E-state index in [1.54, 1.807) is 21.9 Å². The van der Waals surface area contributed by atoms with Crippen LogP contribution in [0.1, 0.15) is 33.6 Å². The Labute approximate surface area is 264 Å². The number of amides is 1. The second-order valence-electron chi connectivity index (χ2n) is 12.1. The summed E-state index contributed by atoms with van der Waals surface area (Å²) in [5.41, 5.74) is 0.497. The SMILES string of the molecule is CC(=O)N1C[C@H](C)N(c2nc(OCCCN3CCC(F)(F)C3)nc3c(F)c(-c4cc(O)cc5ccccc45)c(Cl)cc23)C[C@H]1C. The summed E-state index contributed by atoms with van der Waals surface area (Å²) >= 11 is 6.82. The highest BCUT2D eigenvalue weighted by atomic mass is 35.5. The number of piperazine rings is 1. The summed E-state index contributed by atoms with van der Waals surface area (Å²) < 4.78 is 49.9. The molecule has 238 valence electrons. The van der Waals surface area contributed by atoms with Crippen LogP contribution in [0.3, 0.4) is 0 Å². The van der Waals surface area contributed by atoms with Crippen molar-refractivity contribution in [1.82, 2.24) is 19.8 Å². The number of carbonyl (C=O) groups is 1. The van der Waals surface area contributed by atoms with Crippen molar-refractivity contribution in [2.24, 2.45) is 0 Å². The van der Waals surface area contributed by atoms with Gasteiger partial charge in [-0.25, -0.2) is 13.2 Å². The maximum absolute atomic E-state index is 16.7. The number of likely N-dealkylation sites (tertiary alicyclic amines) is 1. The minimum atomic E-state index is -2.67. The zero-order valence-corrected chi connectivity index (χ0v) is 26.1. The van der Waals surface area contributed by atoms with Gasteiger partial charge in [-0.15, -0.1) is 0 Å². The minimum absolute atomic E-state index is 0.00476. The lowest BCUT2D eigenvalue weighted by Crippen LogP contribution is -2.58. The van der Waals surface area contributed by atoms with Gasteiger partial charge in [0.1, 0.15) is 17.1 Å². The number of rotatable bonds is 7. The fourth-order valence-electron chi connectivity index (χ4n) is 6.50. The van der Waals surface area contributed by atoms with E-state index in [9.17, 15) is 18.7 Å². The molecule has 4 aromatic rings. The molecular formula is C33H35ClF3N5O3. The molecule has 0 saturated carbocycles. The number of hydrogen-bond acceptors (Lipinski definition) is 7. The molecule has 8 nitrogen and oxygen atoms in total. The van der Waals surface area contributed by atoms with Gasteiger partial charge in [0.15, 0.2) is 5.82 Å². The molecule has 45 heavy (non-hydrogen) atoms. The molecule has 1 amide bonds. The van der Waals surface area contributed by atoms with Crippen molar-refractivity contribution in [2.75, 3.05) is 44.2 Å². The standard InChI is InChI=1S/C33H35ClF3N5O3/c1-19-17-42(20(2)16-41(19)21(3)43)31-26-15-27(34)28(25-14-23(44)13-22-7-4-5-8-24(22)25)29(35)30(26)38-32(39-31)45-12-6-10-40-11-9-33(36,37)18-40/h4-5,7-8,13-15,19-20,44H,6,9-12,16-18H2,1-3H3/t19-,20+/m1/s1. The van der Waals surface area contributed by atoms with Crippen LogP contribution in [-0.2, 0) is 4.79 Å². The van der Waals surface area contributed by atoms with Gasteiger partial charge in [0, 0.05) is 62.6 Å². The van der Waals surface area contributed by atoms with E-state index < -0.39 is 11.7 Å². The number of nitrogens with zero attached hydrogens (tertiary/aromatic N) is 5. The molecular weight excluding hydrogens is 607 g/mol. The molecule has 2 atom stereocenters. The summed E-state index contributed by atoms with van der Waals surface area (Å²) in [6.07, 6.45) is 0.304. The van der Waals surface area contributed by atoms with Gasteiger partial charge in [0.05, 0.1) is 18.2 Å². The van der Waals surface area contributed by atoms with Crippen LogP contribution in [0.4, 0.5) is 19.0 Å². The van der Waals surface area contributed by atoms with Crippen molar-refractivity contribution < 1.29 is 27.8 Å². The quantitative estimate of drug-likeness (QED) is 0.231. The van der Waals surface area contributed by atoms with Crippen molar-refractivity contribution in [2.45, 2.75) is 51.6 Å². The fourth-order valence-corrected chi connectivity index (χ4v) is 6.80. The van der Waals surface area contributed by atoms with E-state index in [1.807, 2.05) is 43.0 Å². The van der Waals surface area contributed by atoms with E-state index in [0.29, 0.717) is 54.8 Å². The normalized spacial score (nSPS) is 20.3. The summed E-state index contributed by atoms with van der Waals surface area (Å²) in [4.78, 5) is 26.9. The van der Waals surface area contributed by atoms with Crippen LogP contribution in [0.2, 0.25) is 5.02 Å². The van der Waals surface area contributed by atoms with E-state index in [0.717, 1.165) is 5.39 Å². The molecule has 0 bridgehead atoms. The third-order valence-electron chi connectivity index (χ3n) is 8.72. The summed E-state index contributed by atoms with van der Waals surface area (Å²) in [5, 5.41) is 12.4. The van der Waals surface area contributed by atoms with Crippen molar-refractivity contribution in [3.8, 4) is 22.9 Å². The molecule has 0 radical (unpaired) electrons. The average Bonchev–Trinajstić information content (AvgIpc) is 3.34. The molecule has 6 rings (SSSR count). The van der Waals surface area contributed by atoms with Crippen molar-refractivity contribution in [3.63, 3.8) is 0 Å².